The first-order chi connectivity index (χ1) is 15.8. The highest BCUT2D eigenvalue weighted by molar-refractivity contribution is 5.92. The molecule has 0 saturated carbocycles. The Balaban J connectivity index is 1.62. The molecule has 0 spiro atoms. The van der Waals surface area contributed by atoms with E-state index in [1.807, 2.05) is 25.1 Å². The molecule has 0 radical (unpaired) electrons. The summed E-state index contributed by atoms with van der Waals surface area (Å²) in [6, 6.07) is 12.3. The second-order valence-electron chi connectivity index (χ2n) is 7.77. The third-order valence-electron chi connectivity index (χ3n) is 5.72. The molecule has 8 heteroatoms. The fraction of sp³-hybridized carbons (Fsp3) is 0.320. The Morgan fingerprint density at radius 1 is 1.06 bits per heavy atom. The molecule has 0 fully saturated rings. The highest BCUT2D eigenvalue weighted by Crippen LogP contribution is 2.25. The number of nitrogens with two attached hydrogens (primary N) is 1. The van der Waals surface area contributed by atoms with Gasteiger partial charge in [-0.1, -0.05) is 12.1 Å². The van der Waals surface area contributed by atoms with E-state index in [1.54, 1.807) is 24.3 Å². The zero-order valence-electron chi connectivity index (χ0n) is 19.2. The Kier molecular flexibility index (Phi) is 7.71. The number of fused-ring (bicyclic) bond motifs is 1. The molecule has 174 valence electrons. The second kappa shape index (κ2) is 10.7. The minimum Gasteiger partial charge on any atom is -0.422 e. The van der Waals surface area contributed by atoms with Gasteiger partial charge in [-0.3, -0.25) is 4.79 Å². The van der Waals surface area contributed by atoms with Crippen LogP contribution in [0.5, 0.6) is 0 Å². The summed E-state index contributed by atoms with van der Waals surface area (Å²) in [5.41, 5.74) is 9.03. The van der Waals surface area contributed by atoms with E-state index in [0.717, 1.165) is 35.3 Å². The lowest BCUT2D eigenvalue weighted by molar-refractivity contribution is 0.1000. The second-order valence-corrected chi connectivity index (χ2v) is 7.77. The molecule has 33 heavy (non-hydrogen) atoms. The van der Waals surface area contributed by atoms with Crippen molar-refractivity contribution in [2.24, 2.45) is 5.73 Å². The molecule has 0 bridgehead atoms. The molecule has 0 aliphatic heterocycles. The smallest absolute Gasteiger partial charge is 0.339 e. The van der Waals surface area contributed by atoms with Crippen LogP contribution < -0.4 is 26.9 Å². The molecule has 3 amide bonds. The molecule has 4 N–H and O–H groups in total. The van der Waals surface area contributed by atoms with Gasteiger partial charge in [0.05, 0.1) is 0 Å². The predicted octanol–water partition coefficient (Wildman–Crippen LogP) is 3.09. The molecule has 3 aromatic rings. The number of primary amides is 1. The molecule has 0 atom stereocenters. The van der Waals surface area contributed by atoms with Crippen LogP contribution in [0, 0.1) is 6.92 Å². The molecule has 0 aliphatic carbocycles. The van der Waals surface area contributed by atoms with E-state index in [9.17, 15) is 14.4 Å². The van der Waals surface area contributed by atoms with Crippen molar-refractivity contribution >= 4 is 28.6 Å². The summed E-state index contributed by atoms with van der Waals surface area (Å²) >= 11 is 0. The minimum atomic E-state index is -0.518. The first kappa shape index (κ1) is 23.8. The van der Waals surface area contributed by atoms with Gasteiger partial charge in [0.25, 0.3) is 0 Å². The number of amides is 3. The SMILES string of the molecule is CCN(CC)c1ccc2c(C)c(CCNC(=O)NCc3cccc(C(N)=O)c3)c(=O)oc2c1. The van der Waals surface area contributed by atoms with Crippen LogP contribution in [-0.4, -0.2) is 31.6 Å². The standard InChI is InChI=1S/C25H30N4O4/c1-4-29(5-2)19-9-10-20-16(3)21(24(31)33-22(20)14-19)11-12-27-25(32)28-15-17-7-6-8-18(13-17)23(26)30/h6-10,13-14H,4-5,11-12,15H2,1-3H3,(H2,26,30)(H2,27,28,32). The van der Waals surface area contributed by atoms with Crippen molar-refractivity contribution in [1.82, 2.24) is 10.6 Å². The molecule has 1 aromatic heterocycles. The van der Waals surface area contributed by atoms with Crippen LogP contribution in [0.4, 0.5) is 10.5 Å². The lowest BCUT2D eigenvalue weighted by atomic mass is 10.0. The van der Waals surface area contributed by atoms with Gasteiger partial charge < -0.3 is 25.7 Å². The van der Waals surface area contributed by atoms with Crippen LogP contribution in [0.15, 0.2) is 51.7 Å². The third-order valence-corrected chi connectivity index (χ3v) is 5.72. The summed E-state index contributed by atoms with van der Waals surface area (Å²) in [5.74, 6) is -0.518. The van der Waals surface area contributed by atoms with E-state index in [4.69, 9.17) is 10.2 Å². The lowest BCUT2D eigenvalue weighted by Gasteiger charge is -2.21. The van der Waals surface area contributed by atoms with Crippen molar-refractivity contribution in [2.75, 3.05) is 24.5 Å². The maximum absolute atomic E-state index is 12.6. The molecular weight excluding hydrogens is 420 g/mol. The molecule has 0 unspecified atom stereocenters. The molecule has 1 heterocycles. The minimum absolute atomic E-state index is 0.249. The van der Waals surface area contributed by atoms with Gasteiger partial charge in [0.15, 0.2) is 0 Å². The number of rotatable bonds is 9. The number of hydrogen-bond donors (Lipinski definition) is 3. The largest absolute Gasteiger partial charge is 0.422 e. The highest BCUT2D eigenvalue weighted by Gasteiger charge is 2.13. The van der Waals surface area contributed by atoms with Gasteiger partial charge in [0, 0.05) is 54.4 Å². The third kappa shape index (κ3) is 5.71. The Morgan fingerprint density at radius 2 is 1.82 bits per heavy atom. The Labute approximate surface area is 192 Å². The van der Waals surface area contributed by atoms with Gasteiger partial charge in [-0.05, 0) is 62.6 Å². The van der Waals surface area contributed by atoms with Crippen LogP contribution >= 0.6 is 0 Å². The maximum Gasteiger partial charge on any atom is 0.339 e. The van der Waals surface area contributed by atoms with E-state index in [2.05, 4.69) is 29.4 Å². The Bertz CT molecular complexity index is 1210. The molecule has 0 saturated heterocycles. The summed E-state index contributed by atoms with van der Waals surface area (Å²) in [4.78, 5) is 38.2. The number of urea groups is 1. The van der Waals surface area contributed by atoms with Crippen LogP contribution in [0.1, 0.15) is 40.9 Å². The normalized spacial score (nSPS) is 10.8. The summed E-state index contributed by atoms with van der Waals surface area (Å²) in [5, 5.41) is 6.37. The predicted molar refractivity (Wildman–Crippen MR) is 130 cm³/mol. The van der Waals surface area contributed by atoms with Crippen LogP contribution in [0.3, 0.4) is 0 Å². The number of benzene rings is 2. The number of hydrogen-bond acceptors (Lipinski definition) is 5. The topological polar surface area (TPSA) is 118 Å². The van der Waals surface area contributed by atoms with Crippen LogP contribution in [0.25, 0.3) is 11.0 Å². The maximum atomic E-state index is 12.6. The van der Waals surface area contributed by atoms with Crippen LogP contribution in [0.2, 0.25) is 0 Å². The summed E-state index contributed by atoms with van der Waals surface area (Å²) < 4.78 is 5.60. The fourth-order valence-electron chi connectivity index (χ4n) is 3.84. The van der Waals surface area contributed by atoms with Gasteiger partial charge in [-0.2, -0.15) is 0 Å². The van der Waals surface area contributed by atoms with Gasteiger partial charge >= 0.3 is 11.7 Å². The van der Waals surface area contributed by atoms with E-state index in [1.165, 1.54) is 0 Å². The summed E-state index contributed by atoms with van der Waals surface area (Å²) in [6.45, 7) is 8.33. The van der Waals surface area contributed by atoms with Gasteiger partial charge in [-0.25, -0.2) is 9.59 Å². The average Bonchev–Trinajstić information content (AvgIpc) is 2.80. The monoisotopic (exact) mass is 450 g/mol. The van der Waals surface area contributed by atoms with Crippen molar-refractivity contribution < 1.29 is 14.0 Å². The van der Waals surface area contributed by atoms with Crippen molar-refractivity contribution in [1.29, 1.82) is 0 Å². The van der Waals surface area contributed by atoms with Gasteiger partial charge in [0.2, 0.25) is 5.91 Å². The summed E-state index contributed by atoms with van der Waals surface area (Å²) in [7, 11) is 0. The van der Waals surface area contributed by atoms with Gasteiger partial charge in [-0.15, -0.1) is 0 Å². The summed E-state index contributed by atoms with van der Waals surface area (Å²) in [6.07, 6.45) is 0.354. The number of anilines is 1. The van der Waals surface area contributed by atoms with Crippen LogP contribution in [-0.2, 0) is 13.0 Å². The number of aryl methyl sites for hydroxylation is 1. The van der Waals surface area contributed by atoms with E-state index in [-0.39, 0.29) is 24.7 Å². The quantitative estimate of drug-likeness (QED) is 0.433. The van der Waals surface area contributed by atoms with Gasteiger partial charge in [0.1, 0.15) is 5.58 Å². The Hall–Kier alpha value is -3.81. The van der Waals surface area contributed by atoms with Crippen molar-refractivity contribution in [3.8, 4) is 0 Å². The van der Waals surface area contributed by atoms with E-state index in [0.29, 0.717) is 23.1 Å². The molecule has 8 nitrogen and oxygen atoms in total. The molecule has 3 rings (SSSR count). The highest BCUT2D eigenvalue weighted by atomic mass is 16.4. The molecule has 0 aliphatic rings. The number of carbonyl (C=O) groups is 2. The number of carbonyl (C=O) groups excluding carboxylic acids is 2. The van der Waals surface area contributed by atoms with E-state index < -0.39 is 5.91 Å². The zero-order chi connectivity index (χ0) is 24.0. The fourth-order valence-corrected chi connectivity index (χ4v) is 3.84. The molecule has 2 aromatic carbocycles. The average molecular weight is 451 g/mol. The molecular formula is C25H30N4O4. The lowest BCUT2D eigenvalue weighted by Crippen LogP contribution is -2.36. The van der Waals surface area contributed by atoms with Crippen molar-refractivity contribution in [3.63, 3.8) is 0 Å². The number of nitrogens with zero attached hydrogens (tertiary/aromatic N) is 1. The first-order valence-electron chi connectivity index (χ1n) is 11.1. The first-order valence-corrected chi connectivity index (χ1v) is 11.1. The zero-order valence-corrected chi connectivity index (χ0v) is 19.2. The number of nitrogens with one attached hydrogen (secondary N) is 2. The van der Waals surface area contributed by atoms with Crippen molar-refractivity contribution in [2.45, 2.75) is 33.7 Å². The van der Waals surface area contributed by atoms with Crippen molar-refractivity contribution in [3.05, 3.63) is 75.1 Å². The Morgan fingerprint density at radius 3 is 2.52 bits per heavy atom. The van der Waals surface area contributed by atoms with E-state index >= 15 is 0 Å².